The van der Waals surface area contributed by atoms with Gasteiger partial charge in [0.1, 0.15) is 11.6 Å². The summed E-state index contributed by atoms with van der Waals surface area (Å²) >= 11 is 1.38. The second-order valence-corrected chi connectivity index (χ2v) is 8.47. The molecule has 7 heteroatoms. The maximum atomic E-state index is 12.4. The maximum Gasteiger partial charge on any atom is 0.408 e. The summed E-state index contributed by atoms with van der Waals surface area (Å²) < 4.78 is 5.10. The Labute approximate surface area is 174 Å². The Hall–Kier alpha value is -2.80. The number of hydrogen-bond acceptors (Lipinski definition) is 5. The molecule has 0 spiro atoms. The number of hydrogen-bond donors (Lipinski definition) is 2. The summed E-state index contributed by atoms with van der Waals surface area (Å²) in [5.74, 6) is -0.414. The lowest BCUT2D eigenvalue weighted by molar-refractivity contribution is -0.138. The van der Waals surface area contributed by atoms with Crippen molar-refractivity contribution < 1.29 is 24.2 Å². The average molecular weight is 416 g/mol. The van der Waals surface area contributed by atoms with E-state index in [0.29, 0.717) is 16.9 Å². The highest BCUT2D eigenvalue weighted by atomic mass is 32.2. The van der Waals surface area contributed by atoms with Crippen LogP contribution >= 0.6 is 11.8 Å². The van der Waals surface area contributed by atoms with E-state index in [9.17, 15) is 19.5 Å². The summed E-state index contributed by atoms with van der Waals surface area (Å²) in [6.45, 7) is 5.13. The molecule has 0 saturated carbocycles. The summed E-state index contributed by atoms with van der Waals surface area (Å²) in [6, 6.07) is 15.2. The van der Waals surface area contributed by atoms with Gasteiger partial charge in [0.15, 0.2) is 5.78 Å². The Morgan fingerprint density at radius 2 is 1.59 bits per heavy atom. The molecular formula is C22H25NO5S. The minimum Gasteiger partial charge on any atom is -0.480 e. The number of nitrogens with one attached hydrogen (secondary N) is 1. The molecule has 154 valence electrons. The predicted octanol–water partition coefficient (Wildman–Crippen LogP) is 4.13. The summed E-state index contributed by atoms with van der Waals surface area (Å²) in [5.41, 5.74) is 1.49. The SMILES string of the molecule is CC(C)(C)OC(=O)N[C@@H](CSCc1ccc(C(=O)c2ccccc2)cc1)C(=O)O. The minimum atomic E-state index is -1.12. The van der Waals surface area contributed by atoms with E-state index in [1.54, 1.807) is 45.0 Å². The van der Waals surface area contributed by atoms with Crippen LogP contribution in [0.2, 0.25) is 0 Å². The second kappa shape index (κ2) is 10.1. The molecule has 0 aromatic heterocycles. The van der Waals surface area contributed by atoms with Crippen molar-refractivity contribution in [2.45, 2.75) is 38.2 Å². The number of carbonyl (C=O) groups excluding carboxylic acids is 2. The van der Waals surface area contributed by atoms with Gasteiger partial charge in [-0.3, -0.25) is 4.79 Å². The quantitative estimate of drug-likeness (QED) is 0.630. The van der Waals surface area contributed by atoms with Gasteiger partial charge >= 0.3 is 12.1 Å². The van der Waals surface area contributed by atoms with Crippen LogP contribution in [0.3, 0.4) is 0 Å². The lowest BCUT2D eigenvalue weighted by Gasteiger charge is -2.21. The Balaban J connectivity index is 1.87. The molecule has 1 amide bonds. The van der Waals surface area contributed by atoms with Crippen molar-refractivity contribution in [2.24, 2.45) is 0 Å². The van der Waals surface area contributed by atoms with E-state index in [2.05, 4.69) is 5.32 Å². The first-order valence-electron chi connectivity index (χ1n) is 9.14. The molecular weight excluding hydrogens is 390 g/mol. The number of carboxylic acids is 1. The molecule has 0 aliphatic rings. The summed E-state index contributed by atoms with van der Waals surface area (Å²) in [6.07, 6.45) is -0.755. The maximum absolute atomic E-state index is 12.4. The van der Waals surface area contributed by atoms with Crippen LogP contribution in [-0.2, 0) is 15.3 Å². The molecule has 6 nitrogen and oxygen atoms in total. The van der Waals surface area contributed by atoms with Crippen molar-refractivity contribution in [1.29, 1.82) is 0 Å². The molecule has 0 fully saturated rings. The van der Waals surface area contributed by atoms with Crippen molar-refractivity contribution in [3.63, 3.8) is 0 Å². The molecule has 2 aromatic carbocycles. The first-order valence-corrected chi connectivity index (χ1v) is 10.3. The van der Waals surface area contributed by atoms with Crippen LogP contribution in [0.15, 0.2) is 54.6 Å². The lowest BCUT2D eigenvalue weighted by atomic mass is 10.0. The van der Waals surface area contributed by atoms with Gasteiger partial charge in [0.05, 0.1) is 0 Å². The number of aliphatic carboxylic acids is 1. The first kappa shape index (κ1) is 22.5. The van der Waals surface area contributed by atoms with Crippen molar-refractivity contribution in [2.75, 3.05) is 5.75 Å². The molecule has 29 heavy (non-hydrogen) atoms. The van der Waals surface area contributed by atoms with Gasteiger partial charge in [0.2, 0.25) is 0 Å². The molecule has 1 atom stereocenters. The minimum absolute atomic E-state index is 0.0442. The molecule has 0 aliphatic heterocycles. The van der Waals surface area contributed by atoms with E-state index in [-0.39, 0.29) is 11.5 Å². The normalized spacial score (nSPS) is 12.1. The average Bonchev–Trinajstić information content (AvgIpc) is 2.66. The molecule has 0 aliphatic carbocycles. The smallest absolute Gasteiger partial charge is 0.408 e. The number of ether oxygens (including phenoxy) is 1. The highest BCUT2D eigenvalue weighted by Gasteiger charge is 2.23. The van der Waals surface area contributed by atoms with Gasteiger partial charge in [-0.05, 0) is 26.3 Å². The third-order valence-corrected chi connectivity index (χ3v) is 4.90. The molecule has 0 bridgehead atoms. The third kappa shape index (κ3) is 7.62. The number of benzene rings is 2. The van der Waals surface area contributed by atoms with Crippen molar-refractivity contribution in [1.82, 2.24) is 5.32 Å². The van der Waals surface area contributed by atoms with Crippen LogP contribution < -0.4 is 5.32 Å². The van der Waals surface area contributed by atoms with Gasteiger partial charge in [-0.2, -0.15) is 11.8 Å². The fraction of sp³-hybridized carbons (Fsp3) is 0.318. The number of ketones is 1. The molecule has 0 radical (unpaired) electrons. The zero-order valence-corrected chi connectivity index (χ0v) is 17.5. The van der Waals surface area contributed by atoms with Gasteiger partial charge in [0.25, 0.3) is 0 Å². The summed E-state index contributed by atoms with van der Waals surface area (Å²) in [5, 5.41) is 11.7. The van der Waals surface area contributed by atoms with Crippen LogP contribution in [0.1, 0.15) is 42.3 Å². The Bertz CT molecular complexity index is 844. The summed E-state index contributed by atoms with van der Waals surface area (Å²) in [7, 11) is 0. The van der Waals surface area contributed by atoms with E-state index in [1.165, 1.54) is 11.8 Å². The Morgan fingerprint density at radius 3 is 2.14 bits per heavy atom. The van der Waals surface area contributed by atoms with Crippen LogP contribution in [0, 0.1) is 0 Å². The van der Waals surface area contributed by atoms with Crippen LogP contribution in [0.5, 0.6) is 0 Å². The second-order valence-electron chi connectivity index (χ2n) is 7.44. The standard InChI is InChI=1S/C22H25NO5S/c1-22(2,3)28-21(27)23-18(20(25)26)14-29-13-15-9-11-17(12-10-15)19(24)16-7-5-4-6-8-16/h4-12,18H,13-14H2,1-3H3,(H,23,27)(H,25,26)/t18-/m0/s1. The monoisotopic (exact) mass is 415 g/mol. The van der Waals surface area contributed by atoms with Gasteiger partial charge in [-0.25, -0.2) is 9.59 Å². The van der Waals surface area contributed by atoms with E-state index in [4.69, 9.17) is 4.74 Å². The van der Waals surface area contributed by atoms with E-state index < -0.39 is 23.7 Å². The third-order valence-electron chi connectivity index (χ3n) is 3.79. The summed E-state index contributed by atoms with van der Waals surface area (Å²) in [4.78, 5) is 35.6. The van der Waals surface area contributed by atoms with Gasteiger partial charge in [0, 0.05) is 22.6 Å². The number of carbonyl (C=O) groups is 3. The number of alkyl carbamates (subject to hydrolysis) is 1. The molecule has 2 rings (SSSR count). The molecule has 0 unspecified atom stereocenters. The number of carboxylic acid groups (broad SMARTS) is 1. The highest BCUT2D eigenvalue weighted by molar-refractivity contribution is 7.98. The van der Waals surface area contributed by atoms with Crippen LogP contribution in [0.4, 0.5) is 4.79 Å². The van der Waals surface area contributed by atoms with Crippen LogP contribution in [0.25, 0.3) is 0 Å². The molecule has 0 saturated heterocycles. The fourth-order valence-corrected chi connectivity index (χ4v) is 3.44. The van der Waals surface area contributed by atoms with E-state index >= 15 is 0 Å². The van der Waals surface area contributed by atoms with Crippen molar-refractivity contribution >= 4 is 29.6 Å². The van der Waals surface area contributed by atoms with Crippen LogP contribution in [-0.4, -0.2) is 40.3 Å². The predicted molar refractivity (Wildman–Crippen MR) is 113 cm³/mol. The molecule has 2 N–H and O–H groups in total. The van der Waals surface area contributed by atoms with E-state index in [1.807, 2.05) is 30.3 Å². The Kier molecular flexibility index (Phi) is 7.84. The topological polar surface area (TPSA) is 92.7 Å². The van der Waals surface area contributed by atoms with Gasteiger partial charge in [-0.1, -0.05) is 54.6 Å². The molecule has 0 heterocycles. The van der Waals surface area contributed by atoms with Crippen molar-refractivity contribution in [3.05, 3.63) is 71.3 Å². The zero-order chi connectivity index (χ0) is 21.4. The number of rotatable bonds is 8. The number of amides is 1. The highest BCUT2D eigenvalue weighted by Crippen LogP contribution is 2.17. The number of thioether (sulfide) groups is 1. The lowest BCUT2D eigenvalue weighted by Crippen LogP contribution is -2.44. The first-order chi connectivity index (χ1) is 13.7. The Morgan fingerprint density at radius 1 is 1.00 bits per heavy atom. The van der Waals surface area contributed by atoms with Crippen molar-refractivity contribution in [3.8, 4) is 0 Å². The van der Waals surface area contributed by atoms with Gasteiger partial charge in [-0.15, -0.1) is 0 Å². The zero-order valence-electron chi connectivity index (χ0n) is 16.7. The largest absolute Gasteiger partial charge is 0.480 e. The van der Waals surface area contributed by atoms with E-state index in [0.717, 1.165) is 5.56 Å². The molecule has 2 aromatic rings. The fourth-order valence-electron chi connectivity index (χ4n) is 2.43. The van der Waals surface area contributed by atoms with Gasteiger partial charge < -0.3 is 15.2 Å².